The molecule has 0 aromatic rings. The monoisotopic (exact) mass is 1170 g/mol. The van der Waals surface area contributed by atoms with Crippen LogP contribution >= 0.6 is 7.82 Å². The van der Waals surface area contributed by atoms with Gasteiger partial charge in [-0.3, -0.25) is 14.2 Å². The first-order chi connectivity index (χ1) is 40.0. The van der Waals surface area contributed by atoms with Gasteiger partial charge in [-0.25, -0.2) is 0 Å². The van der Waals surface area contributed by atoms with Gasteiger partial charge in [-0.2, -0.15) is 0 Å². The lowest BCUT2D eigenvalue weighted by molar-refractivity contribution is -0.870. The van der Waals surface area contributed by atoms with Crippen molar-refractivity contribution in [3.63, 3.8) is 0 Å². The number of phosphoric acid groups is 1. The predicted octanol–water partition coefficient (Wildman–Crippen LogP) is 22.2. The van der Waals surface area contributed by atoms with Gasteiger partial charge in [0, 0.05) is 12.8 Å². The van der Waals surface area contributed by atoms with Gasteiger partial charge in [-0.05, 0) is 77.0 Å². The topological polar surface area (TPSA) is 111 Å². The Balaban J connectivity index is 4.02. The Labute approximate surface area is 509 Å². The maximum absolute atomic E-state index is 12.9. The smallest absolute Gasteiger partial charge is 0.306 e. The van der Waals surface area contributed by atoms with Crippen molar-refractivity contribution < 1.29 is 42.1 Å². The zero-order chi connectivity index (χ0) is 59.8. The summed E-state index contributed by atoms with van der Waals surface area (Å²) in [4.78, 5) is 38.1. The summed E-state index contributed by atoms with van der Waals surface area (Å²) >= 11 is 0. The average molecular weight is 1170 g/mol. The molecule has 82 heavy (non-hydrogen) atoms. The summed E-state index contributed by atoms with van der Waals surface area (Å²) in [5, 5.41) is 0. The minimum atomic E-state index is -4.64. The van der Waals surface area contributed by atoms with Crippen molar-refractivity contribution in [3.8, 4) is 0 Å². The molecule has 2 unspecified atom stereocenters. The summed E-state index contributed by atoms with van der Waals surface area (Å²) in [7, 11) is 1.18. The van der Waals surface area contributed by atoms with Crippen molar-refractivity contribution in [1.29, 1.82) is 0 Å². The molecule has 0 fully saturated rings. The van der Waals surface area contributed by atoms with Crippen LogP contribution < -0.4 is 4.89 Å². The van der Waals surface area contributed by atoms with Crippen LogP contribution in [0, 0.1) is 0 Å². The number of carbonyl (C=O) groups excluding carboxylic acids is 2. The van der Waals surface area contributed by atoms with E-state index < -0.39 is 26.5 Å². The number of rotatable bonds is 66. The normalized spacial score (nSPS) is 13.4. The quantitative estimate of drug-likeness (QED) is 0.0195. The van der Waals surface area contributed by atoms with Gasteiger partial charge in [-0.15, -0.1) is 0 Å². The van der Waals surface area contributed by atoms with E-state index in [0.29, 0.717) is 17.4 Å². The average Bonchev–Trinajstić information content (AvgIpc) is 3.45. The second-order valence-electron chi connectivity index (χ2n) is 25.2. The van der Waals surface area contributed by atoms with Crippen molar-refractivity contribution in [2.75, 3.05) is 47.5 Å². The number of likely N-dealkylation sites (N-methyl/N-ethyl adjacent to an activating group) is 1. The number of carbonyl (C=O) groups is 2. The molecule has 0 saturated heterocycles. The van der Waals surface area contributed by atoms with Crippen LogP contribution in [0.4, 0.5) is 0 Å². The van der Waals surface area contributed by atoms with E-state index in [1.807, 2.05) is 21.1 Å². The molecule has 0 heterocycles. The Morgan fingerprint density at radius 1 is 0.378 bits per heavy atom. The van der Waals surface area contributed by atoms with E-state index in [2.05, 4.69) is 62.5 Å². The van der Waals surface area contributed by atoms with Crippen molar-refractivity contribution >= 4 is 19.8 Å². The first-order valence-electron chi connectivity index (χ1n) is 35.3. The summed E-state index contributed by atoms with van der Waals surface area (Å²) in [5.41, 5.74) is 0. The molecule has 0 aromatic heterocycles. The Morgan fingerprint density at radius 3 is 0.988 bits per heavy atom. The fourth-order valence-corrected chi connectivity index (χ4v) is 11.1. The first kappa shape index (κ1) is 80.0. The second-order valence-corrected chi connectivity index (χ2v) is 26.7. The van der Waals surface area contributed by atoms with Crippen molar-refractivity contribution in [2.24, 2.45) is 0 Å². The summed E-state index contributed by atoms with van der Waals surface area (Å²) in [6.45, 7) is 4.29. The number of nitrogens with zero attached hydrogens (tertiary/aromatic N) is 1. The van der Waals surface area contributed by atoms with Crippen molar-refractivity contribution in [1.82, 2.24) is 0 Å². The zero-order valence-corrected chi connectivity index (χ0v) is 55.8. The fourth-order valence-electron chi connectivity index (χ4n) is 10.4. The van der Waals surface area contributed by atoms with E-state index >= 15 is 0 Å². The van der Waals surface area contributed by atoms with Crippen LogP contribution in [0.1, 0.15) is 348 Å². The third-order valence-electron chi connectivity index (χ3n) is 15.8. The standard InChI is InChI=1S/C72H136NO8P/c1-6-8-10-12-14-16-18-20-22-24-26-28-30-32-34-36-38-40-42-44-46-48-50-52-54-56-58-60-62-64-71(74)78-68-70(69-80-82(76,77)79-67-66-73(3,4)5)81-72(75)65-63-61-59-57-55-53-51-49-47-45-43-41-39-37-35-33-31-29-27-25-23-21-19-17-15-13-11-9-7-2/h19,21,24-27,31,33,70H,6-18,20,22-23,28-30,32,34-69H2,1-5H3/b21-19-,26-24-,27-25-,33-31-. The maximum Gasteiger partial charge on any atom is 0.306 e. The van der Waals surface area contributed by atoms with Gasteiger partial charge < -0.3 is 27.9 Å². The third kappa shape index (κ3) is 67.1. The zero-order valence-electron chi connectivity index (χ0n) is 55.0. The lowest BCUT2D eigenvalue weighted by atomic mass is 10.0. The largest absolute Gasteiger partial charge is 0.756 e. The first-order valence-corrected chi connectivity index (χ1v) is 36.8. The molecule has 0 rings (SSSR count). The number of hydrogen-bond acceptors (Lipinski definition) is 8. The highest BCUT2D eigenvalue weighted by molar-refractivity contribution is 7.45. The minimum absolute atomic E-state index is 0.0297. The van der Waals surface area contributed by atoms with Crippen molar-refractivity contribution in [2.45, 2.75) is 354 Å². The van der Waals surface area contributed by atoms with Crippen LogP contribution in [-0.4, -0.2) is 70.0 Å². The third-order valence-corrected chi connectivity index (χ3v) is 16.8. The SMILES string of the molecule is CCCCCCC/C=C\C/C=C\C/C=C\CCCCCCCCCCCCCCCCC(=O)OC(COC(=O)CCCCCCCCCCCCCCCCCCC/C=C\CCCCCCCCCC)COP(=O)([O-])OCC[N+](C)(C)C. The Bertz CT molecular complexity index is 1520. The number of unbranched alkanes of at least 4 members (excludes halogenated alkanes) is 44. The lowest BCUT2D eigenvalue weighted by Gasteiger charge is -2.28. The Morgan fingerprint density at radius 2 is 0.659 bits per heavy atom. The van der Waals surface area contributed by atoms with Crippen LogP contribution in [0.5, 0.6) is 0 Å². The molecule has 0 saturated carbocycles. The van der Waals surface area contributed by atoms with Crippen LogP contribution in [0.15, 0.2) is 48.6 Å². The Kier molecular flexibility index (Phi) is 61.9. The second kappa shape index (κ2) is 63.5. The van der Waals surface area contributed by atoms with Crippen molar-refractivity contribution in [3.05, 3.63) is 48.6 Å². The summed E-state index contributed by atoms with van der Waals surface area (Å²) in [6, 6.07) is 0. The molecule has 0 aliphatic heterocycles. The highest BCUT2D eigenvalue weighted by Crippen LogP contribution is 2.38. The van der Waals surface area contributed by atoms with Gasteiger partial charge >= 0.3 is 11.9 Å². The van der Waals surface area contributed by atoms with Crippen LogP contribution in [0.3, 0.4) is 0 Å². The van der Waals surface area contributed by atoms with Gasteiger partial charge in [0.05, 0.1) is 27.7 Å². The van der Waals surface area contributed by atoms with E-state index in [1.54, 1.807) is 0 Å². The maximum atomic E-state index is 12.9. The number of quaternary nitrogens is 1. The molecule has 9 nitrogen and oxygen atoms in total. The van der Waals surface area contributed by atoms with Crippen LogP contribution in [0.25, 0.3) is 0 Å². The minimum Gasteiger partial charge on any atom is -0.756 e. The molecule has 0 aliphatic rings. The molecule has 0 amide bonds. The van der Waals surface area contributed by atoms with Crippen LogP contribution in [-0.2, 0) is 32.7 Å². The summed E-state index contributed by atoms with van der Waals surface area (Å²) in [6.07, 6.45) is 81.9. The highest BCUT2D eigenvalue weighted by Gasteiger charge is 2.22. The summed E-state index contributed by atoms with van der Waals surface area (Å²) < 4.78 is 34.3. The van der Waals surface area contributed by atoms with Gasteiger partial charge in [0.1, 0.15) is 19.8 Å². The van der Waals surface area contributed by atoms with Gasteiger partial charge in [0.25, 0.3) is 7.82 Å². The van der Waals surface area contributed by atoms with E-state index in [0.717, 1.165) is 51.4 Å². The highest BCUT2D eigenvalue weighted by atomic mass is 31.2. The molecular weight excluding hydrogens is 1040 g/mol. The number of phosphoric ester groups is 1. The molecule has 0 aliphatic carbocycles. The van der Waals surface area contributed by atoms with E-state index in [1.165, 1.54) is 263 Å². The molecule has 0 radical (unpaired) electrons. The molecule has 0 N–H and O–H groups in total. The van der Waals surface area contributed by atoms with E-state index in [4.69, 9.17) is 18.5 Å². The van der Waals surface area contributed by atoms with Gasteiger partial charge in [0.2, 0.25) is 0 Å². The number of ether oxygens (including phenoxy) is 2. The lowest BCUT2D eigenvalue weighted by Crippen LogP contribution is -2.37. The predicted molar refractivity (Wildman–Crippen MR) is 351 cm³/mol. The molecule has 10 heteroatoms. The number of hydrogen-bond donors (Lipinski definition) is 0. The van der Waals surface area contributed by atoms with E-state index in [-0.39, 0.29) is 32.0 Å². The van der Waals surface area contributed by atoms with Crippen LogP contribution in [0.2, 0.25) is 0 Å². The summed E-state index contributed by atoms with van der Waals surface area (Å²) in [5.74, 6) is -0.817. The van der Waals surface area contributed by atoms with Gasteiger partial charge in [-0.1, -0.05) is 306 Å². The molecule has 0 aromatic carbocycles. The molecule has 482 valence electrons. The number of esters is 2. The Hall–Kier alpha value is -2.03. The fraction of sp³-hybridized carbons (Fsp3) is 0.861. The molecule has 0 bridgehead atoms. The number of allylic oxidation sites excluding steroid dienone is 8. The molecule has 2 atom stereocenters. The molecular formula is C72H136NO8P. The van der Waals surface area contributed by atoms with Gasteiger partial charge in [0.15, 0.2) is 6.10 Å². The molecule has 0 spiro atoms. The van der Waals surface area contributed by atoms with E-state index in [9.17, 15) is 19.0 Å².